The van der Waals surface area contributed by atoms with E-state index < -0.39 is 0 Å². The molecule has 0 saturated heterocycles. The fourth-order valence-corrected chi connectivity index (χ4v) is 1.43. The number of carbonyl (C=O) groups is 1. The topological polar surface area (TPSA) is 102 Å². The summed E-state index contributed by atoms with van der Waals surface area (Å²) >= 11 is 1.13. The summed E-state index contributed by atoms with van der Waals surface area (Å²) in [5.41, 5.74) is 0.743. The third-order valence-electron chi connectivity index (χ3n) is 1.63. The zero-order valence-electron chi connectivity index (χ0n) is 8.38. The highest BCUT2D eigenvalue weighted by Gasteiger charge is 2.03. The molecule has 1 aromatic heterocycles. The summed E-state index contributed by atoms with van der Waals surface area (Å²) in [5.74, 6) is 0. The number of hydrogen-bond donors (Lipinski definition) is 3. The van der Waals surface area contributed by atoms with Gasteiger partial charge in [0, 0.05) is 17.2 Å². The first-order valence-electron chi connectivity index (χ1n) is 4.25. The Balaban J connectivity index is 0.00000128. The van der Waals surface area contributed by atoms with Crippen molar-refractivity contribution in [3.8, 4) is 0 Å². The minimum atomic E-state index is -0.299. The standard InChI is InChI=1S/C9H8N4OS.H3N/c14-9(12-8-6-10-13-15-8)11-7-4-2-1-3-5-7;/h1-6H,(H2,11,12,14);1H3. The molecule has 0 radical (unpaired) electrons. The van der Waals surface area contributed by atoms with Gasteiger partial charge in [-0.2, -0.15) is 0 Å². The van der Waals surface area contributed by atoms with Gasteiger partial charge in [-0.25, -0.2) is 4.79 Å². The normalized spacial score (nSPS) is 9.00. The van der Waals surface area contributed by atoms with E-state index in [1.807, 2.05) is 30.3 Å². The predicted octanol–water partition coefficient (Wildman–Crippen LogP) is 2.34. The maximum absolute atomic E-state index is 11.4. The van der Waals surface area contributed by atoms with Gasteiger partial charge in [0.25, 0.3) is 0 Å². The van der Waals surface area contributed by atoms with E-state index in [2.05, 4.69) is 20.2 Å². The summed E-state index contributed by atoms with van der Waals surface area (Å²) in [4.78, 5) is 11.4. The molecule has 0 atom stereocenters. The zero-order chi connectivity index (χ0) is 10.5. The van der Waals surface area contributed by atoms with E-state index >= 15 is 0 Å². The van der Waals surface area contributed by atoms with E-state index in [0.29, 0.717) is 5.00 Å². The number of rotatable bonds is 2. The summed E-state index contributed by atoms with van der Waals surface area (Å²) in [6.07, 6.45) is 1.50. The molecule has 6 nitrogen and oxygen atoms in total. The minimum Gasteiger partial charge on any atom is -0.344 e. The van der Waals surface area contributed by atoms with Crippen molar-refractivity contribution >= 4 is 28.3 Å². The number of urea groups is 1. The molecule has 0 fully saturated rings. The Hall–Kier alpha value is -1.99. The number of amides is 2. The van der Waals surface area contributed by atoms with Crippen molar-refractivity contribution in [2.45, 2.75) is 0 Å². The lowest BCUT2D eigenvalue weighted by atomic mass is 10.3. The van der Waals surface area contributed by atoms with Crippen molar-refractivity contribution in [3.05, 3.63) is 36.5 Å². The van der Waals surface area contributed by atoms with Crippen LogP contribution < -0.4 is 16.8 Å². The van der Waals surface area contributed by atoms with Crippen molar-refractivity contribution in [1.29, 1.82) is 0 Å². The van der Waals surface area contributed by atoms with Crippen LogP contribution in [0.1, 0.15) is 0 Å². The number of nitrogens with zero attached hydrogens (tertiary/aromatic N) is 2. The lowest BCUT2D eigenvalue weighted by Crippen LogP contribution is -2.18. The lowest BCUT2D eigenvalue weighted by Gasteiger charge is -2.04. The molecule has 0 aliphatic carbocycles. The highest BCUT2D eigenvalue weighted by atomic mass is 32.1. The minimum absolute atomic E-state index is 0. The second kappa shape index (κ2) is 5.79. The fourth-order valence-electron chi connectivity index (χ4n) is 1.02. The molecule has 2 amide bonds. The molecule has 7 heteroatoms. The fraction of sp³-hybridized carbons (Fsp3) is 0. The molecule has 0 spiro atoms. The van der Waals surface area contributed by atoms with Gasteiger partial charge in [-0.3, -0.25) is 5.32 Å². The van der Waals surface area contributed by atoms with Crippen LogP contribution in [-0.4, -0.2) is 15.6 Å². The van der Waals surface area contributed by atoms with Crippen LogP contribution >= 0.6 is 11.5 Å². The molecule has 16 heavy (non-hydrogen) atoms. The molecule has 84 valence electrons. The van der Waals surface area contributed by atoms with Crippen LogP contribution in [-0.2, 0) is 0 Å². The van der Waals surface area contributed by atoms with E-state index in [4.69, 9.17) is 0 Å². The van der Waals surface area contributed by atoms with E-state index in [1.165, 1.54) is 6.20 Å². The number of benzene rings is 1. The molecule has 2 rings (SSSR count). The van der Waals surface area contributed by atoms with Gasteiger partial charge < -0.3 is 11.5 Å². The van der Waals surface area contributed by atoms with Crippen molar-refractivity contribution in [1.82, 2.24) is 15.7 Å². The van der Waals surface area contributed by atoms with Crippen LogP contribution in [0.4, 0.5) is 15.5 Å². The Morgan fingerprint density at radius 3 is 2.56 bits per heavy atom. The number of aromatic nitrogens is 2. The second-order valence-electron chi connectivity index (χ2n) is 2.73. The molecule has 0 aliphatic heterocycles. The molecule has 2 aromatic rings. The molecule has 0 unspecified atom stereocenters. The molecular weight excluding hydrogens is 226 g/mol. The lowest BCUT2D eigenvalue weighted by molar-refractivity contribution is 0.262. The SMILES string of the molecule is N.O=C(Nc1ccccc1)Nc1cnns1. The van der Waals surface area contributed by atoms with E-state index in [0.717, 1.165) is 17.2 Å². The van der Waals surface area contributed by atoms with Crippen LogP contribution in [0.3, 0.4) is 0 Å². The molecule has 0 aliphatic rings. The summed E-state index contributed by atoms with van der Waals surface area (Å²) < 4.78 is 3.63. The Labute approximate surface area is 96.4 Å². The molecule has 5 N–H and O–H groups in total. The largest absolute Gasteiger partial charge is 0.344 e. The molecule has 1 aromatic carbocycles. The van der Waals surface area contributed by atoms with Gasteiger partial charge in [0.2, 0.25) is 0 Å². The number of hydrogen-bond acceptors (Lipinski definition) is 5. The van der Waals surface area contributed by atoms with Gasteiger partial charge in [0.1, 0.15) is 5.00 Å². The molecular formula is C9H11N5OS. The summed E-state index contributed by atoms with van der Waals surface area (Å²) in [5, 5.41) is 9.52. The first-order chi connectivity index (χ1) is 7.34. The van der Waals surface area contributed by atoms with Gasteiger partial charge in [0.15, 0.2) is 0 Å². The number of para-hydroxylation sites is 1. The van der Waals surface area contributed by atoms with Crippen molar-refractivity contribution in [3.63, 3.8) is 0 Å². The Morgan fingerprint density at radius 1 is 1.19 bits per heavy atom. The van der Waals surface area contributed by atoms with Gasteiger partial charge in [-0.15, -0.1) is 5.10 Å². The summed E-state index contributed by atoms with van der Waals surface area (Å²) in [6, 6.07) is 8.91. The van der Waals surface area contributed by atoms with Crippen LogP contribution in [0.5, 0.6) is 0 Å². The first-order valence-corrected chi connectivity index (χ1v) is 5.02. The predicted molar refractivity (Wildman–Crippen MR) is 64.0 cm³/mol. The maximum Gasteiger partial charge on any atom is 0.324 e. The zero-order valence-corrected chi connectivity index (χ0v) is 9.20. The second-order valence-corrected chi connectivity index (χ2v) is 3.51. The summed E-state index contributed by atoms with van der Waals surface area (Å²) in [6.45, 7) is 0. The third kappa shape index (κ3) is 3.30. The molecule has 0 bridgehead atoms. The third-order valence-corrected chi connectivity index (χ3v) is 2.21. The number of carbonyl (C=O) groups excluding carboxylic acids is 1. The first kappa shape index (κ1) is 12.1. The smallest absolute Gasteiger partial charge is 0.324 e. The van der Waals surface area contributed by atoms with Crippen molar-refractivity contribution < 1.29 is 4.79 Å². The van der Waals surface area contributed by atoms with E-state index in [-0.39, 0.29) is 12.2 Å². The van der Waals surface area contributed by atoms with Crippen LogP contribution in [0, 0.1) is 0 Å². The van der Waals surface area contributed by atoms with Crippen molar-refractivity contribution in [2.24, 2.45) is 0 Å². The number of anilines is 2. The average Bonchev–Trinajstić information content (AvgIpc) is 2.71. The Morgan fingerprint density at radius 2 is 1.94 bits per heavy atom. The average molecular weight is 237 g/mol. The molecule has 0 saturated carbocycles. The number of nitrogens with one attached hydrogen (secondary N) is 2. The maximum atomic E-state index is 11.4. The quantitative estimate of drug-likeness (QED) is 0.745. The highest BCUT2D eigenvalue weighted by Crippen LogP contribution is 2.10. The van der Waals surface area contributed by atoms with Crippen molar-refractivity contribution in [2.75, 3.05) is 10.6 Å². The van der Waals surface area contributed by atoms with Gasteiger partial charge >= 0.3 is 6.03 Å². The highest BCUT2D eigenvalue weighted by molar-refractivity contribution is 7.10. The van der Waals surface area contributed by atoms with Crippen LogP contribution in [0.15, 0.2) is 36.5 Å². The summed E-state index contributed by atoms with van der Waals surface area (Å²) in [7, 11) is 0. The van der Waals surface area contributed by atoms with E-state index in [1.54, 1.807) is 0 Å². The monoisotopic (exact) mass is 237 g/mol. The van der Waals surface area contributed by atoms with Gasteiger partial charge in [0.05, 0.1) is 6.20 Å². The van der Waals surface area contributed by atoms with Gasteiger partial charge in [-0.05, 0) is 12.1 Å². The Bertz CT molecular complexity index is 430. The van der Waals surface area contributed by atoms with Crippen LogP contribution in [0.2, 0.25) is 0 Å². The van der Waals surface area contributed by atoms with E-state index in [9.17, 15) is 4.79 Å². The van der Waals surface area contributed by atoms with Gasteiger partial charge in [-0.1, -0.05) is 22.7 Å². The molecule has 1 heterocycles. The Kier molecular flexibility index (Phi) is 4.37. The van der Waals surface area contributed by atoms with Crippen LogP contribution in [0.25, 0.3) is 0 Å².